The molecule has 16 heavy (non-hydrogen) atoms. The van der Waals surface area contributed by atoms with Crippen molar-refractivity contribution in [3.05, 3.63) is 0 Å². The third kappa shape index (κ3) is 4.16. The molecule has 0 spiro atoms. The lowest BCUT2D eigenvalue weighted by molar-refractivity contribution is -0.119. The number of carbonyl (C=O) groups is 2. The van der Waals surface area contributed by atoms with Gasteiger partial charge in [-0.2, -0.15) is 0 Å². The van der Waals surface area contributed by atoms with Gasteiger partial charge in [0.15, 0.2) is 0 Å². The second-order valence-electron chi connectivity index (χ2n) is 4.29. The minimum absolute atomic E-state index is 0.0767. The Morgan fingerprint density at radius 2 is 2.19 bits per heavy atom. The van der Waals surface area contributed by atoms with Crippen molar-refractivity contribution >= 4 is 11.9 Å². The van der Waals surface area contributed by atoms with Gasteiger partial charge in [-0.25, -0.2) is 4.79 Å². The van der Waals surface area contributed by atoms with Crippen LogP contribution in [0.2, 0.25) is 0 Å². The molecular formula is C10H20N4O2. The third-order valence-corrected chi connectivity index (χ3v) is 2.75. The van der Waals surface area contributed by atoms with Crippen LogP contribution in [-0.4, -0.2) is 44.2 Å². The summed E-state index contributed by atoms with van der Waals surface area (Å²) in [7, 11) is 1.48. The van der Waals surface area contributed by atoms with Crippen molar-refractivity contribution in [2.24, 2.45) is 0 Å². The third-order valence-electron chi connectivity index (χ3n) is 2.75. The van der Waals surface area contributed by atoms with E-state index in [2.05, 4.69) is 28.2 Å². The molecule has 0 saturated carbocycles. The Kier molecular flexibility index (Phi) is 4.70. The zero-order valence-corrected chi connectivity index (χ0v) is 9.85. The van der Waals surface area contributed by atoms with Gasteiger partial charge in [-0.15, -0.1) is 0 Å². The van der Waals surface area contributed by atoms with Gasteiger partial charge in [0.2, 0.25) is 5.91 Å². The van der Waals surface area contributed by atoms with E-state index in [1.54, 1.807) is 0 Å². The van der Waals surface area contributed by atoms with Crippen LogP contribution in [0.25, 0.3) is 0 Å². The number of nitrogens with one attached hydrogen (secondary N) is 4. The highest BCUT2D eigenvalue weighted by atomic mass is 16.2. The van der Waals surface area contributed by atoms with Gasteiger partial charge in [0.05, 0.1) is 0 Å². The van der Waals surface area contributed by atoms with E-state index in [0.717, 1.165) is 19.5 Å². The maximum atomic E-state index is 11.3. The van der Waals surface area contributed by atoms with Crippen molar-refractivity contribution in [1.29, 1.82) is 0 Å². The molecule has 1 saturated heterocycles. The van der Waals surface area contributed by atoms with Gasteiger partial charge in [-0.1, -0.05) is 0 Å². The highest BCUT2D eigenvalue weighted by molar-refractivity contribution is 5.94. The molecule has 0 aromatic carbocycles. The molecule has 1 aliphatic rings. The molecule has 0 aromatic heterocycles. The predicted molar refractivity (Wildman–Crippen MR) is 61.1 cm³/mol. The molecule has 6 nitrogen and oxygen atoms in total. The van der Waals surface area contributed by atoms with Crippen LogP contribution in [0.4, 0.5) is 4.79 Å². The van der Waals surface area contributed by atoms with E-state index < -0.39 is 6.03 Å². The fourth-order valence-corrected chi connectivity index (χ4v) is 1.70. The lowest BCUT2D eigenvalue weighted by Gasteiger charge is -2.24. The van der Waals surface area contributed by atoms with Crippen LogP contribution in [-0.2, 0) is 4.79 Å². The summed E-state index contributed by atoms with van der Waals surface area (Å²) in [5.41, 5.74) is 0.0767. The highest BCUT2D eigenvalue weighted by Gasteiger charge is 2.27. The molecule has 0 aliphatic carbocycles. The largest absolute Gasteiger partial charge is 0.341 e. The lowest BCUT2D eigenvalue weighted by Crippen LogP contribution is -2.46. The Morgan fingerprint density at radius 1 is 1.44 bits per heavy atom. The Bertz CT molecular complexity index is 262. The van der Waals surface area contributed by atoms with E-state index in [1.165, 1.54) is 7.05 Å². The summed E-state index contributed by atoms with van der Waals surface area (Å²) in [6.45, 7) is 4.64. The number of amides is 3. The first-order valence-electron chi connectivity index (χ1n) is 5.53. The molecule has 0 radical (unpaired) electrons. The van der Waals surface area contributed by atoms with Gasteiger partial charge < -0.3 is 16.0 Å². The number of carbonyl (C=O) groups excluding carboxylic acids is 2. The normalized spacial score (nSPS) is 24.1. The number of urea groups is 1. The van der Waals surface area contributed by atoms with Crippen LogP contribution in [0.1, 0.15) is 19.8 Å². The minimum Gasteiger partial charge on any atom is -0.341 e. The van der Waals surface area contributed by atoms with E-state index in [9.17, 15) is 9.59 Å². The van der Waals surface area contributed by atoms with Crippen LogP contribution in [0, 0.1) is 0 Å². The SMILES string of the molecule is CNC(=O)NC(=O)CCNC1(C)CCNC1. The van der Waals surface area contributed by atoms with Crippen LogP contribution >= 0.6 is 0 Å². The van der Waals surface area contributed by atoms with E-state index in [4.69, 9.17) is 0 Å². The average molecular weight is 228 g/mol. The first-order valence-corrected chi connectivity index (χ1v) is 5.53. The summed E-state index contributed by atoms with van der Waals surface area (Å²) in [6, 6.07) is -0.459. The van der Waals surface area contributed by atoms with Crippen molar-refractivity contribution in [2.45, 2.75) is 25.3 Å². The van der Waals surface area contributed by atoms with Crippen LogP contribution in [0.5, 0.6) is 0 Å². The van der Waals surface area contributed by atoms with Crippen molar-refractivity contribution in [1.82, 2.24) is 21.3 Å². The summed E-state index contributed by atoms with van der Waals surface area (Å²) >= 11 is 0. The monoisotopic (exact) mass is 228 g/mol. The van der Waals surface area contributed by atoms with E-state index >= 15 is 0 Å². The van der Waals surface area contributed by atoms with Gasteiger partial charge in [-0.05, 0) is 19.9 Å². The van der Waals surface area contributed by atoms with Gasteiger partial charge >= 0.3 is 6.03 Å². The molecule has 3 amide bonds. The van der Waals surface area contributed by atoms with E-state index in [-0.39, 0.29) is 11.4 Å². The van der Waals surface area contributed by atoms with Crippen molar-refractivity contribution in [2.75, 3.05) is 26.7 Å². The smallest absolute Gasteiger partial charge is 0.321 e. The van der Waals surface area contributed by atoms with Gasteiger partial charge in [-0.3, -0.25) is 10.1 Å². The maximum Gasteiger partial charge on any atom is 0.321 e. The quantitative estimate of drug-likeness (QED) is 0.506. The first-order chi connectivity index (χ1) is 7.56. The van der Waals surface area contributed by atoms with Gasteiger partial charge in [0.1, 0.15) is 0 Å². The van der Waals surface area contributed by atoms with Crippen LogP contribution < -0.4 is 21.3 Å². The molecule has 0 aromatic rings. The fraction of sp³-hybridized carbons (Fsp3) is 0.800. The molecule has 4 N–H and O–H groups in total. The summed E-state index contributed by atoms with van der Waals surface area (Å²) < 4.78 is 0. The zero-order valence-electron chi connectivity index (χ0n) is 9.85. The minimum atomic E-state index is -0.459. The number of hydrogen-bond acceptors (Lipinski definition) is 4. The van der Waals surface area contributed by atoms with Gasteiger partial charge in [0.25, 0.3) is 0 Å². The molecule has 1 aliphatic heterocycles. The van der Waals surface area contributed by atoms with E-state index in [1.807, 2.05) is 0 Å². The molecule has 1 unspecified atom stereocenters. The summed E-state index contributed by atoms with van der Waals surface area (Å²) in [4.78, 5) is 22.1. The second-order valence-corrected chi connectivity index (χ2v) is 4.29. The number of rotatable bonds is 4. The predicted octanol–water partition coefficient (Wildman–Crippen LogP) is -0.826. The summed E-state index contributed by atoms with van der Waals surface area (Å²) in [6.07, 6.45) is 1.37. The first kappa shape index (κ1) is 12.9. The molecule has 1 heterocycles. The molecular weight excluding hydrogens is 208 g/mol. The molecule has 1 rings (SSSR count). The molecule has 6 heteroatoms. The van der Waals surface area contributed by atoms with Gasteiger partial charge in [0, 0.05) is 32.1 Å². The summed E-state index contributed by atoms with van der Waals surface area (Å²) in [5, 5.41) is 11.1. The summed E-state index contributed by atoms with van der Waals surface area (Å²) in [5.74, 6) is -0.263. The Balaban J connectivity index is 2.15. The molecule has 92 valence electrons. The Labute approximate surface area is 95.5 Å². The fourth-order valence-electron chi connectivity index (χ4n) is 1.70. The van der Waals surface area contributed by atoms with Crippen molar-refractivity contribution in [3.63, 3.8) is 0 Å². The lowest BCUT2D eigenvalue weighted by atomic mass is 10.0. The van der Waals surface area contributed by atoms with E-state index in [0.29, 0.717) is 13.0 Å². The standard InChI is InChI=1S/C10H20N4O2/c1-10(4-6-12-7-10)13-5-3-8(15)14-9(16)11-2/h12-13H,3-7H2,1-2H3,(H2,11,14,15,16). The van der Waals surface area contributed by atoms with Crippen molar-refractivity contribution < 1.29 is 9.59 Å². The molecule has 0 bridgehead atoms. The highest BCUT2D eigenvalue weighted by Crippen LogP contribution is 2.12. The molecule has 1 atom stereocenters. The second kappa shape index (κ2) is 5.81. The Hall–Kier alpha value is -1.14. The molecule has 1 fully saturated rings. The zero-order chi connectivity index (χ0) is 12.0. The van der Waals surface area contributed by atoms with Crippen molar-refractivity contribution in [3.8, 4) is 0 Å². The number of hydrogen-bond donors (Lipinski definition) is 4. The van der Waals surface area contributed by atoms with Crippen LogP contribution in [0.3, 0.4) is 0 Å². The average Bonchev–Trinajstić information content (AvgIpc) is 2.65. The maximum absolute atomic E-state index is 11.3. The number of imide groups is 1. The topological polar surface area (TPSA) is 82.3 Å². The Morgan fingerprint density at radius 3 is 2.75 bits per heavy atom. The van der Waals surface area contributed by atoms with Crippen LogP contribution in [0.15, 0.2) is 0 Å².